The van der Waals surface area contributed by atoms with E-state index in [-0.39, 0.29) is 12.4 Å². The van der Waals surface area contributed by atoms with Crippen molar-refractivity contribution in [3.05, 3.63) is 89.0 Å². The molecule has 3 rings (SSSR count). The van der Waals surface area contributed by atoms with E-state index in [4.69, 9.17) is 16.3 Å². The van der Waals surface area contributed by atoms with E-state index in [1.807, 2.05) is 42.5 Å². The third-order valence-electron chi connectivity index (χ3n) is 3.73. The zero-order valence-electron chi connectivity index (χ0n) is 13.3. The summed E-state index contributed by atoms with van der Waals surface area (Å²) in [7, 11) is 0. The van der Waals surface area contributed by atoms with Crippen molar-refractivity contribution in [3.63, 3.8) is 0 Å². The van der Waals surface area contributed by atoms with Crippen LogP contribution >= 0.6 is 11.6 Å². The van der Waals surface area contributed by atoms with Gasteiger partial charge in [-0.3, -0.25) is 4.79 Å². The highest BCUT2D eigenvalue weighted by molar-refractivity contribution is 6.30. The molecular weight excluding hydrogens is 336 g/mol. The van der Waals surface area contributed by atoms with Gasteiger partial charge in [-0.2, -0.15) is 0 Å². The lowest BCUT2D eigenvalue weighted by atomic mass is 10.0. The van der Waals surface area contributed by atoms with Gasteiger partial charge < -0.3 is 4.74 Å². The number of benzene rings is 3. The Bertz CT molecular complexity index is 938. The first-order valence-corrected chi connectivity index (χ1v) is 8.12. The fraction of sp³-hybridized carbons (Fsp3) is 0.0476. The number of hydrogen-bond donors (Lipinski definition) is 0. The van der Waals surface area contributed by atoms with Gasteiger partial charge >= 0.3 is 5.97 Å². The van der Waals surface area contributed by atoms with Crippen LogP contribution in [-0.4, -0.2) is 18.4 Å². The lowest BCUT2D eigenvalue weighted by Gasteiger charge is -2.03. The molecule has 0 bridgehead atoms. The molecule has 0 saturated carbocycles. The molecule has 0 unspecified atom stereocenters. The van der Waals surface area contributed by atoms with E-state index in [1.54, 1.807) is 30.3 Å². The number of ketones is 1. The molecule has 0 aliphatic heterocycles. The summed E-state index contributed by atoms with van der Waals surface area (Å²) in [6.07, 6.45) is 3.02. The average Bonchev–Trinajstić information content (AvgIpc) is 2.65. The predicted octanol–water partition coefficient (Wildman–Crippen LogP) is 4.93. The van der Waals surface area contributed by atoms with Crippen LogP contribution in [0.4, 0.5) is 0 Å². The van der Waals surface area contributed by atoms with Gasteiger partial charge in [-0.1, -0.05) is 54.1 Å². The first kappa shape index (κ1) is 16.9. The van der Waals surface area contributed by atoms with Crippen LogP contribution in [0, 0.1) is 0 Å². The Hall–Kier alpha value is -2.91. The number of carbonyl (C=O) groups is 2. The Morgan fingerprint density at radius 3 is 2.44 bits per heavy atom. The predicted molar refractivity (Wildman–Crippen MR) is 99.7 cm³/mol. The molecule has 124 valence electrons. The fourth-order valence-corrected chi connectivity index (χ4v) is 2.58. The van der Waals surface area contributed by atoms with E-state index < -0.39 is 5.97 Å². The highest BCUT2D eigenvalue weighted by atomic mass is 35.5. The summed E-state index contributed by atoms with van der Waals surface area (Å²) in [5.74, 6) is -0.834. The minimum atomic E-state index is -0.560. The second-order valence-electron chi connectivity index (χ2n) is 5.44. The van der Waals surface area contributed by atoms with E-state index in [0.29, 0.717) is 10.6 Å². The topological polar surface area (TPSA) is 43.4 Å². The summed E-state index contributed by atoms with van der Waals surface area (Å²) in [5, 5.41) is 2.69. The van der Waals surface area contributed by atoms with E-state index in [2.05, 4.69) is 0 Å². The summed E-state index contributed by atoms with van der Waals surface area (Å²) in [5.41, 5.74) is 1.37. The second-order valence-corrected chi connectivity index (χ2v) is 5.88. The van der Waals surface area contributed by atoms with Gasteiger partial charge in [-0.05, 0) is 46.7 Å². The molecular formula is C21H15ClO3. The summed E-state index contributed by atoms with van der Waals surface area (Å²) in [4.78, 5) is 23.8. The number of halogens is 1. The molecule has 0 saturated heterocycles. The molecule has 0 atom stereocenters. The van der Waals surface area contributed by atoms with Crippen molar-refractivity contribution >= 4 is 40.2 Å². The number of ether oxygens (including phenoxy) is 1. The Kier molecular flexibility index (Phi) is 5.26. The van der Waals surface area contributed by atoms with E-state index in [0.717, 1.165) is 16.3 Å². The average molecular weight is 351 g/mol. The Morgan fingerprint density at radius 1 is 0.920 bits per heavy atom. The van der Waals surface area contributed by atoms with Gasteiger partial charge in [0.05, 0.1) is 0 Å². The summed E-state index contributed by atoms with van der Waals surface area (Å²) >= 11 is 5.78. The minimum absolute atomic E-state index is 0.274. The first-order chi connectivity index (χ1) is 12.1. The zero-order valence-corrected chi connectivity index (χ0v) is 14.1. The van der Waals surface area contributed by atoms with Gasteiger partial charge in [0.15, 0.2) is 12.4 Å². The maximum Gasteiger partial charge on any atom is 0.331 e. The number of rotatable bonds is 5. The SMILES string of the molecule is O=C(C=Cc1cccc2ccccc12)OCC(=O)c1ccc(Cl)cc1. The van der Waals surface area contributed by atoms with Crippen LogP contribution in [0.25, 0.3) is 16.8 Å². The molecule has 0 spiro atoms. The minimum Gasteiger partial charge on any atom is -0.454 e. The summed E-state index contributed by atoms with van der Waals surface area (Å²) in [6, 6.07) is 20.2. The molecule has 0 amide bonds. The molecule has 0 aliphatic carbocycles. The molecule has 4 heteroatoms. The number of Topliss-reactive ketones (excluding diaryl/α,β-unsaturated/α-hetero) is 1. The number of fused-ring (bicyclic) bond motifs is 1. The third kappa shape index (κ3) is 4.34. The fourth-order valence-electron chi connectivity index (χ4n) is 2.46. The standard InChI is InChI=1S/C21H15ClO3/c22-18-11-8-17(9-12-18)20(23)14-25-21(24)13-10-16-6-3-5-15-4-1-2-7-19(15)16/h1-13H,14H2. The quantitative estimate of drug-likeness (QED) is 0.372. The molecule has 0 N–H and O–H groups in total. The van der Waals surface area contributed by atoms with E-state index >= 15 is 0 Å². The van der Waals surface area contributed by atoms with Crippen molar-refractivity contribution in [2.45, 2.75) is 0 Å². The highest BCUT2D eigenvalue weighted by Crippen LogP contribution is 2.19. The highest BCUT2D eigenvalue weighted by Gasteiger charge is 2.08. The lowest BCUT2D eigenvalue weighted by Crippen LogP contribution is -2.12. The summed E-state index contributed by atoms with van der Waals surface area (Å²) < 4.78 is 5.01. The van der Waals surface area contributed by atoms with Crippen LogP contribution < -0.4 is 0 Å². The maximum atomic E-state index is 12.0. The van der Waals surface area contributed by atoms with Gasteiger partial charge in [0.1, 0.15) is 0 Å². The van der Waals surface area contributed by atoms with Crippen LogP contribution in [0.1, 0.15) is 15.9 Å². The molecule has 0 aromatic heterocycles. The van der Waals surface area contributed by atoms with Crippen molar-refractivity contribution in [2.24, 2.45) is 0 Å². The molecule has 3 aromatic carbocycles. The van der Waals surface area contributed by atoms with Crippen molar-refractivity contribution in [2.75, 3.05) is 6.61 Å². The molecule has 25 heavy (non-hydrogen) atoms. The van der Waals surface area contributed by atoms with Gasteiger partial charge in [0.25, 0.3) is 0 Å². The third-order valence-corrected chi connectivity index (χ3v) is 3.99. The molecule has 0 radical (unpaired) electrons. The molecule has 0 aliphatic rings. The van der Waals surface area contributed by atoms with E-state index in [9.17, 15) is 9.59 Å². The smallest absolute Gasteiger partial charge is 0.331 e. The molecule has 0 fully saturated rings. The Balaban J connectivity index is 1.63. The Morgan fingerprint density at radius 2 is 1.64 bits per heavy atom. The number of hydrogen-bond acceptors (Lipinski definition) is 3. The maximum absolute atomic E-state index is 12.0. The van der Waals surface area contributed by atoms with Crippen molar-refractivity contribution in [3.8, 4) is 0 Å². The number of carbonyl (C=O) groups excluding carboxylic acids is 2. The van der Waals surface area contributed by atoms with Crippen LogP contribution in [0.15, 0.2) is 72.8 Å². The number of esters is 1. The van der Waals surface area contributed by atoms with Gasteiger partial charge in [0, 0.05) is 16.7 Å². The van der Waals surface area contributed by atoms with Crippen LogP contribution in [-0.2, 0) is 9.53 Å². The monoisotopic (exact) mass is 350 g/mol. The van der Waals surface area contributed by atoms with E-state index in [1.165, 1.54) is 6.08 Å². The van der Waals surface area contributed by atoms with Gasteiger partial charge in [-0.15, -0.1) is 0 Å². The van der Waals surface area contributed by atoms with Crippen LogP contribution in [0.3, 0.4) is 0 Å². The summed E-state index contributed by atoms with van der Waals surface area (Å²) in [6.45, 7) is -0.305. The van der Waals surface area contributed by atoms with Gasteiger partial charge in [-0.25, -0.2) is 4.79 Å². The van der Waals surface area contributed by atoms with Crippen LogP contribution in [0.2, 0.25) is 5.02 Å². The normalized spacial score (nSPS) is 10.9. The zero-order chi connectivity index (χ0) is 17.6. The molecule has 3 nitrogen and oxygen atoms in total. The molecule has 0 heterocycles. The largest absolute Gasteiger partial charge is 0.454 e. The van der Waals surface area contributed by atoms with Crippen LogP contribution in [0.5, 0.6) is 0 Å². The Labute approximate surface area is 150 Å². The van der Waals surface area contributed by atoms with Crippen molar-refractivity contribution < 1.29 is 14.3 Å². The van der Waals surface area contributed by atoms with Crippen molar-refractivity contribution in [1.29, 1.82) is 0 Å². The van der Waals surface area contributed by atoms with Gasteiger partial charge in [0.2, 0.25) is 0 Å². The first-order valence-electron chi connectivity index (χ1n) is 7.75. The van der Waals surface area contributed by atoms with Crippen molar-refractivity contribution in [1.82, 2.24) is 0 Å². The lowest BCUT2D eigenvalue weighted by molar-refractivity contribution is -0.136. The molecule has 3 aromatic rings. The second kappa shape index (κ2) is 7.77.